The van der Waals surface area contributed by atoms with Crippen LogP contribution in [-0.4, -0.2) is 0 Å². The molecular weight excluding hydrogens is 157 g/mol. The Kier molecular flexibility index (Phi) is 39.8. The van der Waals surface area contributed by atoms with Crippen molar-refractivity contribution in [2.45, 2.75) is 33.6 Å². The van der Waals surface area contributed by atoms with Crippen LogP contribution < -0.4 is 6.15 Å². The molecule has 0 aliphatic rings. The maximum Gasteiger partial charge on any atom is -0.0471 e. The molecule has 0 bridgehead atoms. The topological polar surface area (TPSA) is 35.0 Å². The molecule has 0 saturated carbocycles. The third-order valence-electron chi connectivity index (χ3n) is 0.866. The Bertz CT molecular complexity index is 32.2. The summed E-state index contributed by atoms with van der Waals surface area (Å²) >= 11 is 0. The van der Waals surface area contributed by atoms with E-state index in [1.807, 2.05) is 0 Å². The lowest BCUT2D eigenvalue weighted by atomic mass is 10.1. The SMILES string of the molecule is CCCC(C)C.Cl.Cl.N. The fourth-order valence-corrected chi connectivity index (χ4v) is 0.577. The molecule has 0 aliphatic carbocycles. The van der Waals surface area contributed by atoms with Gasteiger partial charge in [-0.1, -0.05) is 33.6 Å². The molecule has 0 aliphatic heterocycles. The van der Waals surface area contributed by atoms with Crippen molar-refractivity contribution in [2.75, 3.05) is 0 Å². The zero-order valence-corrected chi connectivity index (χ0v) is 8.15. The molecule has 0 aromatic heterocycles. The van der Waals surface area contributed by atoms with E-state index in [0.717, 1.165) is 5.92 Å². The van der Waals surface area contributed by atoms with Gasteiger partial charge in [0, 0.05) is 0 Å². The summed E-state index contributed by atoms with van der Waals surface area (Å²) in [7, 11) is 0. The highest BCUT2D eigenvalue weighted by atomic mass is 35.5. The highest BCUT2D eigenvalue weighted by Crippen LogP contribution is 2.00. The Labute approximate surface area is 71.0 Å². The van der Waals surface area contributed by atoms with E-state index >= 15 is 0 Å². The van der Waals surface area contributed by atoms with Crippen molar-refractivity contribution in [2.24, 2.45) is 5.92 Å². The second-order valence-corrected chi connectivity index (χ2v) is 2.18. The molecule has 0 aromatic carbocycles. The molecule has 3 heteroatoms. The first-order chi connectivity index (χ1) is 2.77. The third-order valence-corrected chi connectivity index (χ3v) is 0.866. The average molecular weight is 176 g/mol. The van der Waals surface area contributed by atoms with Gasteiger partial charge < -0.3 is 6.15 Å². The van der Waals surface area contributed by atoms with Gasteiger partial charge in [0.1, 0.15) is 0 Å². The van der Waals surface area contributed by atoms with E-state index in [0.29, 0.717) is 0 Å². The molecule has 0 spiro atoms. The fraction of sp³-hybridized carbons (Fsp3) is 1.00. The van der Waals surface area contributed by atoms with Crippen LogP contribution in [0.5, 0.6) is 0 Å². The van der Waals surface area contributed by atoms with Crippen LogP contribution in [-0.2, 0) is 0 Å². The van der Waals surface area contributed by atoms with Gasteiger partial charge >= 0.3 is 0 Å². The van der Waals surface area contributed by atoms with Crippen molar-refractivity contribution in [3.8, 4) is 0 Å². The number of halogens is 2. The van der Waals surface area contributed by atoms with Gasteiger partial charge in [0.15, 0.2) is 0 Å². The van der Waals surface area contributed by atoms with Crippen molar-refractivity contribution in [1.82, 2.24) is 6.15 Å². The predicted octanol–water partition coefficient (Wildman–Crippen LogP) is 3.45. The summed E-state index contributed by atoms with van der Waals surface area (Å²) in [5, 5.41) is 0. The predicted molar refractivity (Wildman–Crippen MR) is 49.3 cm³/mol. The van der Waals surface area contributed by atoms with Crippen LogP contribution >= 0.6 is 24.8 Å². The van der Waals surface area contributed by atoms with E-state index < -0.39 is 0 Å². The summed E-state index contributed by atoms with van der Waals surface area (Å²) in [6, 6.07) is 0. The zero-order valence-electron chi connectivity index (χ0n) is 6.52. The zero-order chi connectivity index (χ0) is 4.99. The summed E-state index contributed by atoms with van der Waals surface area (Å²) in [5.41, 5.74) is 0. The quantitative estimate of drug-likeness (QED) is 0.687. The summed E-state index contributed by atoms with van der Waals surface area (Å²) < 4.78 is 0. The van der Waals surface area contributed by atoms with Crippen LogP contribution in [0.15, 0.2) is 0 Å². The Morgan fingerprint density at radius 2 is 1.44 bits per heavy atom. The Balaban J connectivity index is -0.0000000417. The maximum atomic E-state index is 2.25. The van der Waals surface area contributed by atoms with Crippen molar-refractivity contribution in [3.63, 3.8) is 0 Å². The Hall–Kier alpha value is 0.540. The minimum atomic E-state index is 0. The standard InChI is InChI=1S/C6H14.2ClH.H3N/c1-4-5-6(2)3;;;/h6H,4-5H2,1-3H3;2*1H;1H3. The monoisotopic (exact) mass is 175 g/mol. The Morgan fingerprint density at radius 1 is 1.11 bits per heavy atom. The normalized spacial score (nSPS) is 6.67. The second kappa shape index (κ2) is 15.8. The van der Waals surface area contributed by atoms with Crippen LogP contribution in [0.25, 0.3) is 0 Å². The van der Waals surface area contributed by atoms with Gasteiger partial charge in [-0.05, 0) is 5.92 Å². The minimum absolute atomic E-state index is 0. The first-order valence-corrected chi connectivity index (χ1v) is 2.77. The number of hydrogen-bond acceptors (Lipinski definition) is 1. The largest absolute Gasteiger partial charge is 0.344 e. The van der Waals surface area contributed by atoms with E-state index in [1.165, 1.54) is 12.8 Å². The molecule has 0 amide bonds. The van der Waals surface area contributed by atoms with Gasteiger partial charge in [-0.25, -0.2) is 0 Å². The van der Waals surface area contributed by atoms with Crippen LogP contribution in [0.2, 0.25) is 0 Å². The van der Waals surface area contributed by atoms with Crippen LogP contribution in [0, 0.1) is 5.92 Å². The van der Waals surface area contributed by atoms with E-state index in [9.17, 15) is 0 Å². The molecule has 0 heterocycles. The van der Waals surface area contributed by atoms with Gasteiger partial charge in [-0.3, -0.25) is 0 Å². The minimum Gasteiger partial charge on any atom is -0.344 e. The number of rotatable bonds is 2. The van der Waals surface area contributed by atoms with Crippen molar-refractivity contribution in [3.05, 3.63) is 0 Å². The lowest BCUT2D eigenvalue weighted by Gasteiger charge is -1.95. The number of hydrogen-bond donors (Lipinski definition) is 1. The van der Waals surface area contributed by atoms with E-state index in [2.05, 4.69) is 20.8 Å². The molecule has 9 heavy (non-hydrogen) atoms. The molecule has 0 fully saturated rings. The molecule has 0 saturated heterocycles. The van der Waals surface area contributed by atoms with Gasteiger partial charge in [0.2, 0.25) is 0 Å². The summed E-state index contributed by atoms with van der Waals surface area (Å²) in [6.45, 7) is 6.73. The van der Waals surface area contributed by atoms with Crippen LogP contribution in [0.4, 0.5) is 0 Å². The summed E-state index contributed by atoms with van der Waals surface area (Å²) in [5.74, 6) is 0.898. The van der Waals surface area contributed by atoms with Gasteiger partial charge in [-0.2, -0.15) is 0 Å². The van der Waals surface area contributed by atoms with Crippen molar-refractivity contribution >= 4 is 24.8 Å². The maximum absolute atomic E-state index is 2.25. The molecule has 0 unspecified atom stereocenters. The highest BCUT2D eigenvalue weighted by molar-refractivity contribution is 5.85. The highest BCUT2D eigenvalue weighted by Gasteiger charge is 1.85. The van der Waals surface area contributed by atoms with Crippen LogP contribution in [0.3, 0.4) is 0 Å². The Morgan fingerprint density at radius 3 is 1.44 bits per heavy atom. The molecule has 3 N–H and O–H groups in total. The van der Waals surface area contributed by atoms with E-state index in [1.54, 1.807) is 0 Å². The molecular formula is C6H19Cl2N. The van der Waals surface area contributed by atoms with E-state index in [-0.39, 0.29) is 31.0 Å². The molecule has 0 rings (SSSR count). The van der Waals surface area contributed by atoms with Crippen molar-refractivity contribution < 1.29 is 0 Å². The molecule has 0 atom stereocenters. The fourth-order valence-electron chi connectivity index (χ4n) is 0.577. The molecule has 62 valence electrons. The summed E-state index contributed by atoms with van der Waals surface area (Å²) in [6.07, 6.45) is 2.71. The smallest absolute Gasteiger partial charge is 0.0471 e. The first-order valence-electron chi connectivity index (χ1n) is 2.77. The van der Waals surface area contributed by atoms with Gasteiger partial charge in [0.05, 0.1) is 0 Å². The van der Waals surface area contributed by atoms with Gasteiger partial charge in [-0.15, -0.1) is 24.8 Å². The summed E-state index contributed by atoms with van der Waals surface area (Å²) in [4.78, 5) is 0. The molecule has 0 aromatic rings. The van der Waals surface area contributed by atoms with E-state index in [4.69, 9.17) is 0 Å². The molecule has 0 radical (unpaired) electrons. The molecule has 1 nitrogen and oxygen atoms in total. The van der Waals surface area contributed by atoms with Crippen LogP contribution in [0.1, 0.15) is 33.6 Å². The van der Waals surface area contributed by atoms with Gasteiger partial charge in [0.25, 0.3) is 0 Å². The van der Waals surface area contributed by atoms with Crippen molar-refractivity contribution in [1.29, 1.82) is 0 Å². The lowest BCUT2D eigenvalue weighted by molar-refractivity contribution is 0.576. The third kappa shape index (κ3) is 29.1. The average Bonchev–Trinajstić information content (AvgIpc) is 1.35. The second-order valence-electron chi connectivity index (χ2n) is 2.18. The lowest BCUT2D eigenvalue weighted by Crippen LogP contribution is -1.81. The first kappa shape index (κ1) is 22.7.